The van der Waals surface area contributed by atoms with Gasteiger partial charge in [0.15, 0.2) is 0 Å². The lowest BCUT2D eigenvalue weighted by atomic mass is 9.92. The van der Waals surface area contributed by atoms with Crippen molar-refractivity contribution in [2.24, 2.45) is 17.8 Å². The maximum absolute atomic E-state index is 11.0. The summed E-state index contributed by atoms with van der Waals surface area (Å²) in [5, 5.41) is 0.932. The molecule has 60 valence electrons. The van der Waals surface area contributed by atoms with Crippen LogP contribution in [0.25, 0.3) is 0 Å². The summed E-state index contributed by atoms with van der Waals surface area (Å²) >= 11 is 3.41. The zero-order valence-electron chi connectivity index (χ0n) is 6.00. The molecule has 0 spiro atoms. The van der Waals surface area contributed by atoms with Gasteiger partial charge in [0.25, 0.3) is 0 Å². The van der Waals surface area contributed by atoms with Crippen LogP contribution in [0, 0.1) is 17.8 Å². The molecule has 0 bridgehead atoms. The largest absolute Gasteiger partial charge is 0.465 e. The number of alkyl halides is 1. The van der Waals surface area contributed by atoms with Crippen molar-refractivity contribution in [2.45, 2.75) is 0 Å². The highest BCUT2D eigenvalue weighted by Gasteiger charge is 2.42. The number of rotatable bonds is 1. The van der Waals surface area contributed by atoms with Crippen LogP contribution < -0.4 is 0 Å². The van der Waals surface area contributed by atoms with E-state index in [0.717, 1.165) is 5.33 Å². The average Bonchev–Trinajstić information content (AvgIpc) is 2.53. The van der Waals surface area contributed by atoms with E-state index >= 15 is 0 Å². The monoisotopic (exact) mass is 216 g/mol. The van der Waals surface area contributed by atoms with Crippen LogP contribution in [-0.2, 0) is 9.53 Å². The molecule has 1 saturated heterocycles. The van der Waals surface area contributed by atoms with Crippen molar-refractivity contribution < 1.29 is 9.53 Å². The van der Waals surface area contributed by atoms with Gasteiger partial charge < -0.3 is 4.74 Å². The van der Waals surface area contributed by atoms with Crippen molar-refractivity contribution in [3.05, 3.63) is 12.2 Å². The van der Waals surface area contributed by atoms with Crippen molar-refractivity contribution in [2.75, 3.05) is 11.9 Å². The Bertz CT molecular complexity index is 212. The molecule has 2 aliphatic rings. The molecule has 1 fully saturated rings. The fourth-order valence-electron chi connectivity index (χ4n) is 1.74. The Morgan fingerprint density at radius 2 is 2.45 bits per heavy atom. The third-order valence-corrected chi connectivity index (χ3v) is 3.19. The molecule has 2 rings (SSSR count). The van der Waals surface area contributed by atoms with Crippen molar-refractivity contribution in [1.29, 1.82) is 0 Å². The number of cyclic esters (lactones) is 1. The molecule has 1 aliphatic carbocycles. The van der Waals surface area contributed by atoms with E-state index in [0.29, 0.717) is 18.4 Å². The Balaban J connectivity index is 2.16. The van der Waals surface area contributed by atoms with Gasteiger partial charge in [-0.3, -0.25) is 4.79 Å². The van der Waals surface area contributed by atoms with Gasteiger partial charge in [0.1, 0.15) is 0 Å². The Kier molecular flexibility index (Phi) is 1.75. The van der Waals surface area contributed by atoms with Crippen LogP contribution in [0.5, 0.6) is 0 Å². The number of hydrogen-bond donors (Lipinski definition) is 0. The lowest BCUT2D eigenvalue weighted by Gasteiger charge is -2.11. The second kappa shape index (κ2) is 2.63. The first-order valence-corrected chi connectivity index (χ1v) is 4.86. The quantitative estimate of drug-likeness (QED) is 0.376. The standard InChI is InChI=1S/C8H9BrO2/c9-3-5-1-2-6-7(5)4-11-8(6)10/h1-2,5-7H,3-4H2/t5-,6-,7-/m1/s1. The molecule has 1 heterocycles. The molecule has 2 nitrogen and oxygen atoms in total. The summed E-state index contributed by atoms with van der Waals surface area (Å²) in [5.74, 6) is 0.903. The Labute approximate surface area is 73.7 Å². The molecule has 0 radical (unpaired) electrons. The van der Waals surface area contributed by atoms with Crippen molar-refractivity contribution in [3.63, 3.8) is 0 Å². The van der Waals surface area contributed by atoms with Crippen LogP contribution in [0.3, 0.4) is 0 Å². The number of carbonyl (C=O) groups excluding carboxylic acids is 1. The number of ether oxygens (including phenoxy) is 1. The fourth-order valence-corrected chi connectivity index (χ4v) is 2.43. The maximum atomic E-state index is 11.0. The van der Waals surface area contributed by atoms with E-state index in [9.17, 15) is 4.79 Å². The number of fused-ring (bicyclic) bond motifs is 1. The van der Waals surface area contributed by atoms with E-state index in [-0.39, 0.29) is 11.9 Å². The van der Waals surface area contributed by atoms with Gasteiger partial charge in [-0.25, -0.2) is 0 Å². The van der Waals surface area contributed by atoms with Gasteiger partial charge >= 0.3 is 5.97 Å². The van der Waals surface area contributed by atoms with E-state index in [2.05, 4.69) is 22.0 Å². The van der Waals surface area contributed by atoms with Crippen LogP contribution in [0.2, 0.25) is 0 Å². The summed E-state index contributed by atoms with van der Waals surface area (Å²) < 4.78 is 4.94. The number of allylic oxidation sites excluding steroid dienone is 1. The Morgan fingerprint density at radius 3 is 3.18 bits per heavy atom. The summed E-state index contributed by atoms with van der Waals surface area (Å²) in [6.45, 7) is 0.604. The normalized spacial score (nSPS) is 40.8. The molecule has 0 aromatic carbocycles. The maximum Gasteiger partial charge on any atom is 0.313 e. The highest BCUT2D eigenvalue weighted by molar-refractivity contribution is 9.09. The first-order valence-electron chi connectivity index (χ1n) is 3.74. The first-order chi connectivity index (χ1) is 5.33. The summed E-state index contributed by atoms with van der Waals surface area (Å²) in [6.07, 6.45) is 4.09. The minimum Gasteiger partial charge on any atom is -0.465 e. The van der Waals surface area contributed by atoms with Crippen LogP contribution in [0.1, 0.15) is 0 Å². The smallest absolute Gasteiger partial charge is 0.313 e. The number of carbonyl (C=O) groups is 1. The molecule has 11 heavy (non-hydrogen) atoms. The van der Waals surface area contributed by atoms with Crippen LogP contribution in [0.4, 0.5) is 0 Å². The SMILES string of the molecule is O=C1OC[C@@H]2[C@@H](CBr)C=C[C@@H]12. The molecule has 0 amide bonds. The van der Waals surface area contributed by atoms with Gasteiger partial charge in [-0.15, -0.1) is 0 Å². The molecule has 0 saturated carbocycles. The second-order valence-corrected chi connectivity index (χ2v) is 3.67. The third kappa shape index (κ3) is 1.02. The molecule has 3 heteroatoms. The first kappa shape index (κ1) is 7.35. The van der Waals surface area contributed by atoms with Gasteiger partial charge in [0, 0.05) is 11.2 Å². The van der Waals surface area contributed by atoms with E-state index in [1.807, 2.05) is 6.08 Å². The van der Waals surface area contributed by atoms with E-state index in [1.165, 1.54) is 0 Å². The summed E-state index contributed by atoms with van der Waals surface area (Å²) in [5.41, 5.74) is 0. The number of hydrogen-bond acceptors (Lipinski definition) is 2. The lowest BCUT2D eigenvalue weighted by Crippen LogP contribution is -2.16. The molecule has 3 atom stereocenters. The van der Waals surface area contributed by atoms with Crippen molar-refractivity contribution >= 4 is 21.9 Å². The minimum absolute atomic E-state index is 0.0466. The topological polar surface area (TPSA) is 26.3 Å². The predicted octanol–water partition coefficient (Wildman–Crippen LogP) is 1.36. The molecule has 0 aromatic heterocycles. The minimum atomic E-state index is -0.0466. The summed E-state index contributed by atoms with van der Waals surface area (Å²) in [4.78, 5) is 11.0. The number of halogens is 1. The summed E-state index contributed by atoms with van der Waals surface area (Å²) in [6, 6.07) is 0. The van der Waals surface area contributed by atoms with E-state index in [4.69, 9.17) is 4.74 Å². The predicted molar refractivity (Wildman–Crippen MR) is 44.4 cm³/mol. The van der Waals surface area contributed by atoms with E-state index in [1.54, 1.807) is 0 Å². The van der Waals surface area contributed by atoms with Gasteiger partial charge in [-0.05, 0) is 5.92 Å². The van der Waals surface area contributed by atoms with Crippen LogP contribution in [0.15, 0.2) is 12.2 Å². The zero-order chi connectivity index (χ0) is 7.84. The molecule has 0 N–H and O–H groups in total. The Morgan fingerprint density at radius 1 is 1.64 bits per heavy atom. The van der Waals surface area contributed by atoms with Crippen molar-refractivity contribution in [3.8, 4) is 0 Å². The highest BCUT2D eigenvalue weighted by Crippen LogP contribution is 2.37. The van der Waals surface area contributed by atoms with Crippen LogP contribution >= 0.6 is 15.9 Å². The van der Waals surface area contributed by atoms with Gasteiger partial charge in [-0.2, -0.15) is 0 Å². The molecular formula is C8H9BrO2. The van der Waals surface area contributed by atoms with Gasteiger partial charge in [0.05, 0.1) is 12.5 Å². The van der Waals surface area contributed by atoms with E-state index < -0.39 is 0 Å². The number of esters is 1. The fraction of sp³-hybridized carbons (Fsp3) is 0.625. The van der Waals surface area contributed by atoms with Crippen LogP contribution in [-0.4, -0.2) is 17.9 Å². The lowest BCUT2D eigenvalue weighted by molar-refractivity contribution is -0.140. The molecule has 1 aliphatic heterocycles. The zero-order valence-corrected chi connectivity index (χ0v) is 7.58. The van der Waals surface area contributed by atoms with Gasteiger partial charge in [0.2, 0.25) is 0 Å². The molecule has 0 aromatic rings. The van der Waals surface area contributed by atoms with Crippen molar-refractivity contribution in [1.82, 2.24) is 0 Å². The molecular weight excluding hydrogens is 208 g/mol. The van der Waals surface area contributed by atoms with Gasteiger partial charge in [-0.1, -0.05) is 28.1 Å². The Hall–Kier alpha value is -0.310. The second-order valence-electron chi connectivity index (χ2n) is 3.02. The molecule has 0 unspecified atom stereocenters. The highest BCUT2D eigenvalue weighted by atomic mass is 79.9. The third-order valence-electron chi connectivity index (χ3n) is 2.45. The average molecular weight is 217 g/mol. The summed E-state index contributed by atoms with van der Waals surface area (Å²) in [7, 11) is 0.